The Morgan fingerprint density at radius 2 is 2.20 bits per heavy atom. The van der Waals surface area contributed by atoms with Crippen molar-refractivity contribution in [3.63, 3.8) is 0 Å². The van der Waals surface area contributed by atoms with Crippen LogP contribution in [-0.4, -0.2) is 43.3 Å². The summed E-state index contributed by atoms with van der Waals surface area (Å²) in [5, 5.41) is 13.7. The Labute approximate surface area is 128 Å². The summed E-state index contributed by atoms with van der Waals surface area (Å²) in [6.07, 6.45) is 2.70. The number of nitrogens with one attached hydrogen (secondary N) is 1. The molecule has 110 valence electrons. The normalized spacial score (nSPS) is 17.7. The Hall–Kier alpha value is -1.04. The molecule has 1 atom stereocenters. The average molecular weight is 341 g/mol. The van der Waals surface area contributed by atoms with Crippen molar-refractivity contribution in [3.05, 3.63) is 34.8 Å². The van der Waals surface area contributed by atoms with Crippen LogP contribution in [0.3, 0.4) is 0 Å². The number of rotatable bonds is 5. The first-order valence-corrected chi connectivity index (χ1v) is 7.58. The van der Waals surface area contributed by atoms with E-state index >= 15 is 0 Å². The van der Waals surface area contributed by atoms with E-state index in [0.717, 1.165) is 43.9 Å². The van der Waals surface area contributed by atoms with E-state index in [9.17, 15) is 5.11 Å². The van der Waals surface area contributed by atoms with Gasteiger partial charge in [0.2, 0.25) is 0 Å². The van der Waals surface area contributed by atoms with Gasteiger partial charge in [-0.2, -0.15) is 0 Å². The molecule has 0 saturated carbocycles. The van der Waals surface area contributed by atoms with Gasteiger partial charge < -0.3 is 15.2 Å². The van der Waals surface area contributed by atoms with Gasteiger partial charge >= 0.3 is 0 Å². The lowest BCUT2D eigenvalue weighted by Gasteiger charge is -2.35. The van der Waals surface area contributed by atoms with Crippen LogP contribution in [-0.2, 0) is 0 Å². The second kappa shape index (κ2) is 7.11. The summed E-state index contributed by atoms with van der Waals surface area (Å²) in [7, 11) is 1.63. The quantitative estimate of drug-likeness (QED) is 0.809. The zero-order valence-electron chi connectivity index (χ0n) is 11.7. The Bertz CT molecular complexity index is 473. The summed E-state index contributed by atoms with van der Waals surface area (Å²) in [5.41, 5.74) is 0.887. The first kappa shape index (κ1) is 15.4. The average Bonchev–Trinajstić information content (AvgIpc) is 2.48. The molecule has 0 unspecified atom stereocenters. The molecule has 1 saturated heterocycles. The lowest BCUT2D eigenvalue weighted by atomic mass is 9.99. The molecule has 0 aliphatic carbocycles. The zero-order valence-corrected chi connectivity index (χ0v) is 13.3. The SMILES string of the molecule is C=CC[C@H](c1cc(OC)cc(Br)c1O)N1CCNCC1. The van der Waals surface area contributed by atoms with Gasteiger partial charge in [0, 0.05) is 37.8 Å². The summed E-state index contributed by atoms with van der Waals surface area (Å²) in [5.74, 6) is 1.03. The number of phenolic OH excluding ortho intramolecular Hbond substituents is 1. The number of ether oxygens (including phenoxy) is 1. The second-order valence-electron chi connectivity index (χ2n) is 4.87. The van der Waals surface area contributed by atoms with Crippen LogP contribution in [0, 0.1) is 0 Å². The van der Waals surface area contributed by atoms with Crippen molar-refractivity contribution in [1.29, 1.82) is 0 Å². The molecule has 0 aromatic heterocycles. The first-order chi connectivity index (χ1) is 9.67. The van der Waals surface area contributed by atoms with Crippen LogP contribution < -0.4 is 10.1 Å². The summed E-state index contributed by atoms with van der Waals surface area (Å²) in [6, 6.07) is 3.82. The molecule has 1 aliphatic heterocycles. The van der Waals surface area contributed by atoms with Gasteiger partial charge in [-0.15, -0.1) is 6.58 Å². The van der Waals surface area contributed by atoms with Gasteiger partial charge in [-0.25, -0.2) is 0 Å². The highest BCUT2D eigenvalue weighted by atomic mass is 79.9. The number of aromatic hydroxyl groups is 1. The highest BCUT2D eigenvalue weighted by molar-refractivity contribution is 9.10. The van der Waals surface area contributed by atoms with Crippen LogP contribution >= 0.6 is 15.9 Å². The van der Waals surface area contributed by atoms with E-state index in [-0.39, 0.29) is 11.8 Å². The molecule has 0 bridgehead atoms. The first-order valence-electron chi connectivity index (χ1n) is 6.79. The minimum absolute atomic E-state index is 0.126. The second-order valence-corrected chi connectivity index (χ2v) is 5.73. The van der Waals surface area contributed by atoms with Crippen molar-refractivity contribution >= 4 is 15.9 Å². The molecule has 1 aliphatic rings. The third-order valence-electron chi connectivity index (χ3n) is 3.64. The van der Waals surface area contributed by atoms with Crippen LogP contribution in [0.2, 0.25) is 0 Å². The predicted molar refractivity (Wildman–Crippen MR) is 84.4 cm³/mol. The van der Waals surface area contributed by atoms with Gasteiger partial charge in [-0.1, -0.05) is 6.08 Å². The molecule has 2 N–H and O–H groups in total. The van der Waals surface area contributed by atoms with E-state index in [1.807, 2.05) is 12.1 Å². The molecule has 1 fully saturated rings. The van der Waals surface area contributed by atoms with Crippen molar-refractivity contribution in [1.82, 2.24) is 10.2 Å². The standard InChI is InChI=1S/C15H21BrN2O2/c1-3-4-14(18-7-5-17-6-8-18)12-9-11(20-2)10-13(16)15(12)19/h3,9-10,14,17,19H,1,4-8H2,2H3/t14-/m1/s1. The molecule has 2 rings (SSSR count). The minimum atomic E-state index is 0.126. The maximum absolute atomic E-state index is 10.4. The minimum Gasteiger partial charge on any atom is -0.506 e. The van der Waals surface area contributed by atoms with Gasteiger partial charge in [0.05, 0.1) is 11.6 Å². The van der Waals surface area contributed by atoms with Crippen LogP contribution in [0.5, 0.6) is 11.5 Å². The van der Waals surface area contributed by atoms with Gasteiger partial charge in [0.15, 0.2) is 0 Å². The summed E-state index contributed by atoms with van der Waals surface area (Å²) < 4.78 is 5.97. The summed E-state index contributed by atoms with van der Waals surface area (Å²) >= 11 is 3.39. The maximum atomic E-state index is 10.4. The number of benzene rings is 1. The maximum Gasteiger partial charge on any atom is 0.134 e. The fourth-order valence-corrected chi connectivity index (χ4v) is 3.05. The van der Waals surface area contributed by atoms with E-state index in [1.54, 1.807) is 13.2 Å². The number of hydrogen-bond acceptors (Lipinski definition) is 4. The number of nitrogens with zero attached hydrogens (tertiary/aromatic N) is 1. The highest BCUT2D eigenvalue weighted by Crippen LogP contribution is 2.39. The fraction of sp³-hybridized carbons (Fsp3) is 0.467. The molecular formula is C15H21BrN2O2. The van der Waals surface area contributed by atoms with Crippen molar-refractivity contribution < 1.29 is 9.84 Å². The van der Waals surface area contributed by atoms with E-state index in [1.165, 1.54) is 0 Å². The van der Waals surface area contributed by atoms with Crippen LogP contribution in [0.4, 0.5) is 0 Å². The van der Waals surface area contributed by atoms with Crippen LogP contribution in [0.15, 0.2) is 29.3 Å². The molecule has 1 aromatic rings. The molecule has 4 nitrogen and oxygen atoms in total. The monoisotopic (exact) mass is 340 g/mol. The molecule has 1 aromatic carbocycles. The lowest BCUT2D eigenvalue weighted by molar-refractivity contribution is 0.171. The van der Waals surface area contributed by atoms with E-state index in [0.29, 0.717) is 4.47 Å². The van der Waals surface area contributed by atoms with Crippen molar-refractivity contribution in [3.8, 4) is 11.5 Å². The smallest absolute Gasteiger partial charge is 0.134 e. The zero-order chi connectivity index (χ0) is 14.5. The fourth-order valence-electron chi connectivity index (χ4n) is 2.59. The Balaban J connectivity index is 2.36. The number of hydrogen-bond donors (Lipinski definition) is 2. The van der Waals surface area contributed by atoms with Gasteiger partial charge in [0.1, 0.15) is 11.5 Å². The number of piperazine rings is 1. The molecule has 20 heavy (non-hydrogen) atoms. The predicted octanol–water partition coefficient (Wildman–Crippen LogP) is 2.69. The van der Waals surface area contributed by atoms with Crippen molar-refractivity contribution in [2.24, 2.45) is 0 Å². The Morgan fingerprint density at radius 1 is 1.50 bits per heavy atom. The number of phenols is 1. The van der Waals surface area contributed by atoms with Crippen LogP contribution in [0.25, 0.3) is 0 Å². The molecule has 1 heterocycles. The number of methoxy groups -OCH3 is 1. The summed E-state index contributed by atoms with van der Waals surface area (Å²) in [4.78, 5) is 2.37. The van der Waals surface area contributed by atoms with E-state index < -0.39 is 0 Å². The van der Waals surface area contributed by atoms with Gasteiger partial charge in [-0.05, 0) is 34.5 Å². The van der Waals surface area contributed by atoms with Crippen LogP contribution in [0.1, 0.15) is 18.0 Å². The van der Waals surface area contributed by atoms with E-state index in [2.05, 4.69) is 32.7 Å². The topological polar surface area (TPSA) is 44.7 Å². The lowest BCUT2D eigenvalue weighted by Crippen LogP contribution is -2.45. The van der Waals surface area contributed by atoms with Crippen molar-refractivity contribution in [2.45, 2.75) is 12.5 Å². The van der Waals surface area contributed by atoms with Gasteiger partial charge in [-0.3, -0.25) is 4.90 Å². The number of halogens is 1. The molecule has 0 radical (unpaired) electrons. The largest absolute Gasteiger partial charge is 0.506 e. The Kier molecular flexibility index (Phi) is 5.46. The highest BCUT2D eigenvalue weighted by Gasteiger charge is 2.25. The van der Waals surface area contributed by atoms with Crippen molar-refractivity contribution in [2.75, 3.05) is 33.3 Å². The molecule has 0 amide bonds. The summed E-state index contributed by atoms with van der Waals surface area (Å²) in [6.45, 7) is 7.72. The van der Waals surface area contributed by atoms with E-state index in [4.69, 9.17) is 4.74 Å². The molecular weight excluding hydrogens is 320 g/mol. The Morgan fingerprint density at radius 3 is 2.80 bits per heavy atom. The molecule has 5 heteroatoms. The third kappa shape index (κ3) is 3.34. The molecule has 0 spiro atoms. The van der Waals surface area contributed by atoms with Gasteiger partial charge in [0.25, 0.3) is 0 Å². The third-order valence-corrected chi connectivity index (χ3v) is 4.25.